The number of halogens is 4. The zero-order valence-electron chi connectivity index (χ0n) is 9.52. The second kappa shape index (κ2) is 5.79. The molecule has 0 saturated carbocycles. The first kappa shape index (κ1) is 15.1. The molecule has 2 N–H and O–H groups in total. The number of nitrogens with two attached hydrogens (primary N) is 1. The SMILES string of the molecule is Cl.Nc1cnccc1Oc1cccc(C(F)(F)F)c1. The van der Waals surface area contributed by atoms with Gasteiger partial charge in [0.05, 0.1) is 17.4 Å². The van der Waals surface area contributed by atoms with E-state index in [0.29, 0.717) is 0 Å². The first-order valence-corrected chi connectivity index (χ1v) is 5.01. The molecule has 7 heteroatoms. The lowest BCUT2D eigenvalue weighted by Gasteiger charge is -2.10. The van der Waals surface area contributed by atoms with Crippen LogP contribution in [-0.2, 0) is 6.18 Å². The fourth-order valence-corrected chi connectivity index (χ4v) is 1.35. The van der Waals surface area contributed by atoms with Crippen LogP contribution in [0.2, 0.25) is 0 Å². The number of aromatic nitrogens is 1. The van der Waals surface area contributed by atoms with Gasteiger partial charge in [-0.3, -0.25) is 4.98 Å². The Bertz CT molecular complexity index is 561. The van der Waals surface area contributed by atoms with Crippen LogP contribution in [0.25, 0.3) is 0 Å². The second-order valence-electron chi connectivity index (χ2n) is 3.54. The highest BCUT2D eigenvalue weighted by Crippen LogP contribution is 2.33. The number of nitrogens with zero attached hydrogens (tertiary/aromatic N) is 1. The van der Waals surface area contributed by atoms with Gasteiger partial charge in [0.1, 0.15) is 5.75 Å². The van der Waals surface area contributed by atoms with Crippen molar-refractivity contribution in [2.75, 3.05) is 5.73 Å². The molecule has 2 aromatic rings. The Kier molecular flexibility index (Phi) is 4.61. The molecule has 102 valence electrons. The van der Waals surface area contributed by atoms with E-state index < -0.39 is 11.7 Å². The van der Waals surface area contributed by atoms with Gasteiger partial charge in [0.2, 0.25) is 0 Å². The molecule has 2 rings (SSSR count). The van der Waals surface area contributed by atoms with E-state index in [1.807, 2.05) is 0 Å². The van der Waals surface area contributed by atoms with Gasteiger partial charge in [0.15, 0.2) is 5.75 Å². The number of alkyl halides is 3. The quantitative estimate of drug-likeness (QED) is 0.912. The van der Waals surface area contributed by atoms with E-state index >= 15 is 0 Å². The van der Waals surface area contributed by atoms with Crippen LogP contribution in [0.15, 0.2) is 42.7 Å². The predicted octanol–water partition coefficient (Wildman–Crippen LogP) is 3.90. The largest absolute Gasteiger partial charge is 0.455 e. The van der Waals surface area contributed by atoms with E-state index in [2.05, 4.69) is 4.98 Å². The van der Waals surface area contributed by atoms with E-state index in [1.54, 1.807) is 0 Å². The van der Waals surface area contributed by atoms with Crippen molar-refractivity contribution in [3.63, 3.8) is 0 Å². The molecule has 19 heavy (non-hydrogen) atoms. The number of anilines is 1. The lowest BCUT2D eigenvalue weighted by molar-refractivity contribution is -0.137. The fraction of sp³-hybridized carbons (Fsp3) is 0.0833. The van der Waals surface area contributed by atoms with Gasteiger partial charge < -0.3 is 10.5 Å². The molecule has 0 spiro atoms. The van der Waals surface area contributed by atoms with Gasteiger partial charge in [-0.15, -0.1) is 12.4 Å². The Morgan fingerprint density at radius 2 is 1.89 bits per heavy atom. The second-order valence-corrected chi connectivity index (χ2v) is 3.54. The summed E-state index contributed by atoms with van der Waals surface area (Å²) in [4.78, 5) is 3.76. The average Bonchev–Trinajstić information content (AvgIpc) is 2.31. The first-order valence-electron chi connectivity index (χ1n) is 5.01. The summed E-state index contributed by atoms with van der Waals surface area (Å²) in [6.45, 7) is 0. The summed E-state index contributed by atoms with van der Waals surface area (Å²) < 4.78 is 42.8. The van der Waals surface area contributed by atoms with Gasteiger partial charge in [0.25, 0.3) is 0 Å². The number of hydrogen-bond acceptors (Lipinski definition) is 3. The van der Waals surface area contributed by atoms with Crippen LogP contribution < -0.4 is 10.5 Å². The molecule has 0 bridgehead atoms. The van der Waals surface area contributed by atoms with Crippen LogP contribution in [0.1, 0.15) is 5.56 Å². The minimum atomic E-state index is -4.40. The van der Waals surface area contributed by atoms with Crippen LogP contribution in [-0.4, -0.2) is 4.98 Å². The highest BCUT2D eigenvalue weighted by atomic mass is 35.5. The van der Waals surface area contributed by atoms with Gasteiger partial charge >= 0.3 is 6.18 Å². The average molecular weight is 291 g/mol. The highest BCUT2D eigenvalue weighted by Gasteiger charge is 2.30. The molecular weight excluding hydrogens is 281 g/mol. The number of rotatable bonds is 2. The molecule has 1 heterocycles. The molecule has 0 aliphatic rings. The van der Waals surface area contributed by atoms with E-state index in [0.717, 1.165) is 12.1 Å². The topological polar surface area (TPSA) is 48.1 Å². The van der Waals surface area contributed by atoms with Gasteiger partial charge in [-0.2, -0.15) is 13.2 Å². The summed E-state index contributed by atoms with van der Waals surface area (Å²) >= 11 is 0. The minimum absolute atomic E-state index is 0. The summed E-state index contributed by atoms with van der Waals surface area (Å²) in [5, 5.41) is 0. The Morgan fingerprint density at radius 3 is 2.53 bits per heavy atom. The summed E-state index contributed by atoms with van der Waals surface area (Å²) in [5.41, 5.74) is 5.07. The maximum atomic E-state index is 12.5. The number of hydrogen-bond donors (Lipinski definition) is 1. The van der Waals surface area contributed by atoms with Crippen LogP contribution in [0.3, 0.4) is 0 Å². The summed E-state index contributed by atoms with van der Waals surface area (Å²) in [7, 11) is 0. The molecule has 0 radical (unpaired) electrons. The molecule has 3 nitrogen and oxygen atoms in total. The van der Waals surface area contributed by atoms with Gasteiger partial charge in [0, 0.05) is 12.3 Å². The minimum Gasteiger partial charge on any atom is -0.455 e. The molecule has 1 aromatic carbocycles. The molecule has 0 saturated heterocycles. The highest BCUT2D eigenvalue weighted by molar-refractivity contribution is 5.85. The van der Waals surface area contributed by atoms with Crippen LogP contribution in [0.5, 0.6) is 11.5 Å². The molecule has 0 amide bonds. The van der Waals surface area contributed by atoms with Crippen LogP contribution in [0.4, 0.5) is 18.9 Å². The zero-order chi connectivity index (χ0) is 13.2. The lowest BCUT2D eigenvalue weighted by Crippen LogP contribution is -2.04. The standard InChI is InChI=1S/C12H9F3N2O.ClH/c13-12(14,15)8-2-1-3-9(6-8)18-11-4-5-17-7-10(11)16;/h1-7H,16H2;1H. The molecule has 1 aromatic heterocycles. The number of benzene rings is 1. The molecule has 0 unspecified atom stereocenters. The monoisotopic (exact) mass is 290 g/mol. The van der Waals surface area contributed by atoms with Crippen molar-refractivity contribution in [2.24, 2.45) is 0 Å². The van der Waals surface area contributed by atoms with Crippen molar-refractivity contribution in [3.05, 3.63) is 48.3 Å². The van der Waals surface area contributed by atoms with E-state index in [1.165, 1.54) is 30.6 Å². The zero-order valence-corrected chi connectivity index (χ0v) is 10.3. The van der Waals surface area contributed by atoms with Crippen LogP contribution >= 0.6 is 12.4 Å². The van der Waals surface area contributed by atoms with Gasteiger partial charge in [-0.1, -0.05) is 6.07 Å². The smallest absolute Gasteiger partial charge is 0.416 e. The summed E-state index contributed by atoms with van der Waals surface area (Å²) in [6, 6.07) is 6.07. The normalized spacial score (nSPS) is 10.7. The fourth-order valence-electron chi connectivity index (χ4n) is 1.35. The maximum absolute atomic E-state index is 12.5. The number of pyridine rings is 1. The summed E-state index contributed by atoms with van der Waals surface area (Å²) in [6.07, 6.45) is -1.59. The van der Waals surface area contributed by atoms with E-state index in [-0.39, 0.29) is 29.6 Å². The molecular formula is C12H10ClF3N2O. The third-order valence-corrected chi connectivity index (χ3v) is 2.20. The van der Waals surface area contributed by atoms with E-state index in [9.17, 15) is 13.2 Å². The van der Waals surface area contributed by atoms with Crippen molar-refractivity contribution in [1.29, 1.82) is 0 Å². The van der Waals surface area contributed by atoms with Gasteiger partial charge in [-0.25, -0.2) is 0 Å². The number of ether oxygens (including phenoxy) is 1. The maximum Gasteiger partial charge on any atom is 0.416 e. The summed E-state index contributed by atoms with van der Waals surface area (Å²) in [5.74, 6) is 0.340. The third-order valence-electron chi connectivity index (χ3n) is 2.20. The van der Waals surface area contributed by atoms with Crippen molar-refractivity contribution in [2.45, 2.75) is 6.18 Å². The first-order chi connectivity index (χ1) is 8.47. The van der Waals surface area contributed by atoms with Crippen molar-refractivity contribution in [1.82, 2.24) is 4.98 Å². The Hall–Kier alpha value is -1.95. The van der Waals surface area contributed by atoms with Crippen molar-refractivity contribution in [3.8, 4) is 11.5 Å². The molecule has 0 atom stereocenters. The number of nitrogen functional groups attached to an aromatic ring is 1. The predicted molar refractivity (Wildman–Crippen MR) is 67.4 cm³/mol. The van der Waals surface area contributed by atoms with Crippen molar-refractivity contribution >= 4 is 18.1 Å². The van der Waals surface area contributed by atoms with Gasteiger partial charge in [-0.05, 0) is 18.2 Å². The molecule has 0 aliphatic carbocycles. The third kappa shape index (κ3) is 3.75. The molecule has 0 aliphatic heterocycles. The van der Waals surface area contributed by atoms with E-state index in [4.69, 9.17) is 10.5 Å². The lowest BCUT2D eigenvalue weighted by atomic mass is 10.2. The Labute approximate surface area is 113 Å². The molecule has 0 fully saturated rings. The Morgan fingerprint density at radius 1 is 1.16 bits per heavy atom. The van der Waals surface area contributed by atoms with Crippen LogP contribution in [0, 0.1) is 0 Å². The van der Waals surface area contributed by atoms with Crippen molar-refractivity contribution < 1.29 is 17.9 Å². The Balaban J connectivity index is 0.00000180.